The van der Waals surface area contributed by atoms with Crippen molar-refractivity contribution >= 4 is 17.3 Å². The number of aliphatic hydroxyl groups is 1. The number of nitrogens with two attached hydrogens (primary N) is 1. The molecule has 0 bridgehead atoms. The second kappa shape index (κ2) is 6.93. The minimum absolute atomic E-state index is 0.00806. The molecule has 2 aliphatic heterocycles. The van der Waals surface area contributed by atoms with Crippen molar-refractivity contribution in [2.24, 2.45) is 10.9 Å². The highest BCUT2D eigenvalue weighted by Crippen LogP contribution is 2.37. The number of rotatable bonds is 3. The second-order valence-corrected chi connectivity index (χ2v) is 7.35. The van der Waals surface area contributed by atoms with Crippen LogP contribution in [0.4, 0.5) is 16.0 Å². The highest BCUT2D eigenvalue weighted by molar-refractivity contribution is 5.96. The minimum atomic E-state index is -0.298. The number of halogens is 1. The summed E-state index contributed by atoms with van der Waals surface area (Å²) in [5.74, 6) is 0.756. The minimum Gasteiger partial charge on any atom is -0.493 e. The number of nitrogens with zero attached hydrogens (tertiary/aromatic N) is 3. The predicted molar refractivity (Wildman–Crippen MR) is 108 cm³/mol. The first-order chi connectivity index (χ1) is 14.1. The van der Waals surface area contributed by atoms with Crippen molar-refractivity contribution in [1.29, 1.82) is 0 Å². The van der Waals surface area contributed by atoms with Gasteiger partial charge in [0.2, 0.25) is 5.95 Å². The Morgan fingerprint density at radius 2 is 2.10 bits per heavy atom. The summed E-state index contributed by atoms with van der Waals surface area (Å²) < 4.78 is 20.7. The molecule has 1 aromatic heterocycles. The van der Waals surface area contributed by atoms with Gasteiger partial charge in [-0.15, -0.1) is 0 Å². The molecule has 3 N–H and O–H groups in total. The summed E-state index contributed by atoms with van der Waals surface area (Å²) in [7, 11) is 0. The Kier molecular flexibility index (Phi) is 4.24. The first-order valence-corrected chi connectivity index (χ1v) is 9.45. The van der Waals surface area contributed by atoms with E-state index in [2.05, 4.69) is 9.97 Å². The Morgan fingerprint density at radius 1 is 1.21 bits per heavy atom. The van der Waals surface area contributed by atoms with Crippen LogP contribution in [0.5, 0.6) is 5.75 Å². The van der Waals surface area contributed by atoms with E-state index in [1.165, 1.54) is 6.07 Å². The van der Waals surface area contributed by atoms with Crippen molar-refractivity contribution in [2.45, 2.75) is 19.4 Å². The van der Waals surface area contributed by atoms with Crippen molar-refractivity contribution < 1.29 is 14.2 Å². The number of nitrogen functional groups attached to an aromatic ring is 1. The molecule has 0 amide bonds. The predicted octanol–water partition coefficient (Wildman–Crippen LogP) is 3.24. The van der Waals surface area contributed by atoms with Gasteiger partial charge in [0.05, 0.1) is 24.6 Å². The maximum Gasteiger partial charge on any atom is 0.220 e. The van der Waals surface area contributed by atoms with E-state index in [1.54, 1.807) is 12.3 Å². The summed E-state index contributed by atoms with van der Waals surface area (Å²) in [4.78, 5) is 12.8. The number of hydrogen-bond donors (Lipinski definition) is 2. The molecule has 2 aliphatic rings. The van der Waals surface area contributed by atoms with Gasteiger partial charge >= 0.3 is 0 Å². The lowest BCUT2D eigenvalue weighted by Gasteiger charge is -2.25. The maximum atomic E-state index is 14.8. The monoisotopic (exact) mass is 390 g/mol. The zero-order chi connectivity index (χ0) is 20.0. The van der Waals surface area contributed by atoms with E-state index in [4.69, 9.17) is 15.5 Å². The molecule has 29 heavy (non-hydrogen) atoms. The van der Waals surface area contributed by atoms with E-state index < -0.39 is 0 Å². The van der Waals surface area contributed by atoms with Crippen LogP contribution in [0.1, 0.15) is 16.7 Å². The molecule has 3 heterocycles. The summed E-state index contributed by atoms with van der Waals surface area (Å²) in [5.41, 5.74) is 10.9. The molecule has 0 fully saturated rings. The smallest absolute Gasteiger partial charge is 0.220 e. The fourth-order valence-electron chi connectivity index (χ4n) is 3.95. The van der Waals surface area contributed by atoms with Crippen LogP contribution >= 0.6 is 0 Å². The maximum absolute atomic E-state index is 14.8. The van der Waals surface area contributed by atoms with Gasteiger partial charge in [-0.2, -0.15) is 0 Å². The van der Waals surface area contributed by atoms with E-state index >= 15 is 0 Å². The number of anilines is 1. The first kappa shape index (κ1) is 17.8. The third-order valence-electron chi connectivity index (χ3n) is 5.45. The fourth-order valence-corrected chi connectivity index (χ4v) is 3.95. The van der Waals surface area contributed by atoms with Crippen LogP contribution in [0.2, 0.25) is 0 Å². The Morgan fingerprint density at radius 3 is 2.93 bits per heavy atom. The Labute approximate surface area is 166 Å². The molecule has 3 aromatic rings. The van der Waals surface area contributed by atoms with Crippen LogP contribution < -0.4 is 10.5 Å². The molecule has 146 valence electrons. The Bertz CT molecular complexity index is 1150. The zero-order valence-electron chi connectivity index (χ0n) is 15.6. The molecule has 5 rings (SSSR count). The summed E-state index contributed by atoms with van der Waals surface area (Å²) in [5, 5.41) is 9.38. The summed E-state index contributed by atoms with van der Waals surface area (Å²) in [6, 6.07) is 10.7. The molecule has 0 saturated heterocycles. The highest BCUT2D eigenvalue weighted by Gasteiger charge is 2.29. The Balaban J connectivity index is 1.45. The van der Waals surface area contributed by atoms with Gasteiger partial charge in [-0.05, 0) is 47.9 Å². The lowest BCUT2D eigenvalue weighted by Crippen LogP contribution is -2.28. The molecule has 6 nitrogen and oxygen atoms in total. The third kappa shape index (κ3) is 3.23. The van der Waals surface area contributed by atoms with Gasteiger partial charge in [-0.3, -0.25) is 4.99 Å². The zero-order valence-corrected chi connectivity index (χ0v) is 15.6. The number of ether oxygens (including phenoxy) is 1. The molecule has 1 atom stereocenters. The van der Waals surface area contributed by atoms with Gasteiger partial charge in [0.1, 0.15) is 11.6 Å². The number of fused-ring (bicyclic) bond motifs is 2. The van der Waals surface area contributed by atoms with Crippen molar-refractivity contribution in [3.05, 3.63) is 65.1 Å². The van der Waals surface area contributed by atoms with E-state index in [9.17, 15) is 9.50 Å². The standard InChI is InChI=1S/C22H19FN4O2/c23-17-7-13(18-3-4-25-22(24)27-18)8-20-16(17)9-19(26-20)15-6-14-5-12(10-28)1-2-21(14)29-11-15/h1-5,7-8,15,28H,6,9-11H2,(H2,24,25,27). The number of benzene rings is 2. The van der Waals surface area contributed by atoms with Crippen molar-refractivity contribution in [2.75, 3.05) is 12.3 Å². The van der Waals surface area contributed by atoms with Crippen LogP contribution in [0.15, 0.2) is 47.6 Å². The van der Waals surface area contributed by atoms with Crippen molar-refractivity contribution in [3.63, 3.8) is 0 Å². The third-order valence-corrected chi connectivity index (χ3v) is 5.45. The first-order valence-electron chi connectivity index (χ1n) is 9.45. The van der Waals surface area contributed by atoms with Crippen molar-refractivity contribution in [3.8, 4) is 17.0 Å². The number of hydrogen-bond acceptors (Lipinski definition) is 6. The van der Waals surface area contributed by atoms with Crippen LogP contribution in [0.25, 0.3) is 11.3 Å². The van der Waals surface area contributed by atoms with E-state index in [-0.39, 0.29) is 24.3 Å². The van der Waals surface area contributed by atoms with Gasteiger partial charge in [0, 0.05) is 35.4 Å². The summed E-state index contributed by atoms with van der Waals surface area (Å²) >= 11 is 0. The van der Waals surface area contributed by atoms with Gasteiger partial charge in [-0.1, -0.05) is 6.07 Å². The second-order valence-electron chi connectivity index (χ2n) is 7.35. The molecule has 0 saturated carbocycles. The van der Waals surface area contributed by atoms with Gasteiger partial charge in [-0.25, -0.2) is 14.4 Å². The van der Waals surface area contributed by atoms with Crippen LogP contribution in [0.3, 0.4) is 0 Å². The average Bonchev–Trinajstić information content (AvgIpc) is 3.18. The normalized spacial score (nSPS) is 17.3. The molecular weight excluding hydrogens is 371 g/mol. The molecule has 0 aliphatic carbocycles. The van der Waals surface area contributed by atoms with Gasteiger partial charge in [0.15, 0.2) is 0 Å². The molecule has 7 heteroatoms. The lowest BCUT2D eigenvalue weighted by molar-refractivity contribution is 0.256. The van der Waals surface area contributed by atoms with E-state index in [1.807, 2.05) is 24.3 Å². The summed E-state index contributed by atoms with van der Waals surface area (Å²) in [6.07, 6.45) is 2.78. The van der Waals surface area contributed by atoms with E-state index in [0.717, 1.165) is 29.0 Å². The summed E-state index contributed by atoms with van der Waals surface area (Å²) in [6.45, 7) is 0.501. The number of aliphatic imine (C=N–C) groups is 1. The molecular formula is C22H19FN4O2. The number of aromatic nitrogens is 2. The van der Waals surface area contributed by atoms with Gasteiger partial charge in [0.25, 0.3) is 0 Å². The van der Waals surface area contributed by atoms with Crippen molar-refractivity contribution in [1.82, 2.24) is 9.97 Å². The lowest BCUT2D eigenvalue weighted by atomic mass is 9.89. The fraction of sp³-hybridized carbons (Fsp3) is 0.227. The average molecular weight is 390 g/mol. The largest absolute Gasteiger partial charge is 0.493 e. The molecule has 0 radical (unpaired) electrons. The van der Waals surface area contributed by atoms with Crippen LogP contribution in [0, 0.1) is 11.7 Å². The van der Waals surface area contributed by atoms with E-state index in [0.29, 0.717) is 35.5 Å². The van der Waals surface area contributed by atoms with Gasteiger partial charge < -0.3 is 15.6 Å². The van der Waals surface area contributed by atoms with Crippen LogP contribution in [-0.4, -0.2) is 27.4 Å². The van der Waals surface area contributed by atoms with Crippen LogP contribution in [-0.2, 0) is 19.4 Å². The SMILES string of the molecule is Nc1nccc(-c2cc(F)c3c(c2)N=C(C2COc4ccc(CO)cc4C2)C3)n1. The highest BCUT2D eigenvalue weighted by atomic mass is 19.1. The molecule has 0 spiro atoms. The quantitative estimate of drug-likeness (QED) is 0.716. The Hall–Kier alpha value is -3.32. The number of aliphatic hydroxyl groups excluding tert-OH is 1. The molecule has 2 aromatic carbocycles. The molecule has 1 unspecified atom stereocenters. The topological polar surface area (TPSA) is 93.6 Å².